The monoisotopic (exact) mass is 265 g/mol. The lowest BCUT2D eigenvalue weighted by molar-refractivity contribution is 0.0696. The number of aryl methyl sites for hydroxylation is 2. The van der Waals surface area contributed by atoms with E-state index in [1.54, 1.807) is 26.8 Å². The highest BCUT2D eigenvalue weighted by Crippen LogP contribution is 2.23. The molecule has 0 saturated carbocycles. The Bertz CT molecular complexity index is 634. The molecular formula is C12H12ClN3O2. The first-order valence-electron chi connectivity index (χ1n) is 5.35. The molecule has 0 bridgehead atoms. The highest BCUT2D eigenvalue weighted by atomic mass is 35.5. The molecule has 2 heterocycles. The van der Waals surface area contributed by atoms with Crippen LogP contribution in [0, 0.1) is 20.8 Å². The van der Waals surface area contributed by atoms with E-state index in [1.807, 2.05) is 0 Å². The zero-order valence-corrected chi connectivity index (χ0v) is 11.0. The van der Waals surface area contributed by atoms with Gasteiger partial charge < -0.3 is 5.11 Å². The number of aromatic carboxylic acids is 1. The van der Waals surface area contributed by atoms with Crippen molar-refractivity contribution in [2.24, 2.45) is 0 Å². The third kappa shape index (κ3) is 1.97. The first kappa shape index (κ1) is 12.6. The van der Waals surface area contributed by atoms with E-state index in [2.05, 4.69) is 10.1 Å². The normalized spacial score (nSPS) is 10.7. The van der Waals surface area contributed by atoms with Crippen LogP contribution < -0.4 is 0 Å². The maximum Gasteiger partial charge on any atom is 0.339 e. The van der Waals surface area contributed by atoms with Crippen molar-refractivity contribution in [2.75, 3.05) is 0 Å². The van der Waals surface area contributed by atoms with Crippen LogP contribution in [0.3, 0.4) is 0 Å². The number of rotatable bonds is 2. The largest absolute Gasteiger partial charge is 0.478 e. The van der Waals surface area contributed by atoms with Crippen LogP contribution >= 0.6 is 11.6 Å². The highest BCUT2D eigenvalue weighted by molar-refractivity contribution is 6.31. The van der Waals surface area contributed by atoms with Gasteiger partial charge in [-0.2, -0.15) is 5.10 Å². The smallest absolute Gasteiger partial charge is 0.339 e. The van der Waals surface area contributed by atoms with Crippen LogP contribution in [-0.2, 0) is 0 Å². The number of halogens is 1. The van der Waals surface area contributed by atoms with Gasteiger partial charge in [-0.1, -0.05) is 11.6 Å². The van der Waals surface area contributed by atoms with Crippen molar-refractivity contribution in [3.8, 4) is 5.82 Å². The Balaban J connectivity index is 2.73. The Labute approximate surface area is 109 Å². The number of hydrogen-bond donors (Lipinski definition) is 1. The molecule has 0 unspecified atom stereocenters. The maximum atomic E-state index is 11.2. The van der Waals surface area contributed by atoms with Crippen LogP contribution in [0.5, 0.6) is 0 Å². The number of hydrogen-bond acceptors (Lipinski definition) is 3. The summed E-state index contributed by atoms with van der Waals surface area (Å²) in [6.45, 7) is 5.34. The fraction of sp³-hybridized carbons (Fsp3) is 0.250. The van der Waals surface area contributed by atoms with Crippen molar-refractivity contribution in [3.63, 3.8) is 0 Å². The number of carboxylic acids is 1. The summed E-state index contributed by atoms with van der Waals surface area (Å²) in [6.07, 6.45) is 0. The number of nitrogens with zero attached hydrogens (tertiary/aromatic N) is 3. The van der Waals surface area contributed by atoms with E-state index in [0.717, 1.165) is 5.69 Å². The van der Waals surface area contributed by atoms with Crippen LogP contribution in [0.1, 0.15) is 27.4 Å². The fourth-order valence-electron chi connectivity index (χ4n) is 1.70. The van der Waals surface area contributed by atoms with E-state index >= 15 is 0 Å². The number of pyridine rings is 1. The molecule has 6 heteroatoms. The molecule has 18 heavy (non-hydrogen) atoms. The van der Waals surface area contributed by atoms with Crippen molar-refractivity contribution in [1.82, 2.24) is 14.8 Å². The van der Waals surface area contributed by atoms with Gasteiger partial charge in [0.25, 0.3) is 0 Å². The van der Waals surface area contributed by atoms with Crippen molar-refractivity contribution in [3.05, 3.63) is 39.8 Å². The lowest BCUT2D eigenvalue weighted by Crippen LogP contribution is -2.11. The van der Waals surface area contributed by atoms with Crippen molar-refractivity contribution >= 4 is 17.6 Å². The number of carboxylic acid groups (broad SMARTS) is 1. The van der Waals surface area contributed by atoms with E-state index in [4.69, 9.17) is 11.6 Å². The van der Waals surface area contributed by atoms with Gasteiger partial charge in [-0.15, -0.1) is 0 Å². The molecule has 2 aromatic heterocycles. The summed E-state index contributed by atoms with van der Waals surface area (Å²) < 4.78 is 1.47. The van der Waals surface area contributed by atoms with E-state index in [0.29, 0.717) is 16.4 Å². The van der Waals surface area contributed by atoms with Crippen molar-refractivity contribution < 1.29 is 9.90 Å². The molecule has 0 aromatic carbocycles. The lowest BCUT2D eigenvalue weighted by Gasteiger charge is -2.08. The summed E-state index contributed by atoms with van der Waals surface area (Å²) in [5.74, 6) is -0.754. The molecule has 0 amide bonds. The first-order chi connectivity index (χ1) is 8.41. The molecule has 0 aliphatic carbocycles. The van der Waals surface area contributed by atoms with Gasteiger partial charge in [0.05, 0.1) is 16.4 Å². The van der Waals surface area contributed by atoms with Crippen LogP contribution in [0.15, 0.2) is 12.1 Å². The van der Waals surface area contributed by atoms with Gasteiger partial charge in [-0.05, 0) is 32.9 Å². The summed E-state index contributed by atoms with van der Waals surface area (Å²) in [4.78, 5) is 15.4. The molecule has 2 aromatic rings. The Hall–Kier alpha value is -1.88. The Morgan fingerprint density at radius 2 is 2.00 bits per heavy atom. The zero-order valence-electron chi connectivity index (χ0n) is 10.2. The Morgan fingerprint density at radius 1 is 1.33 bits per heavy atom. The van der Waals surface area contributed by atoms with Crippen LogP contribution in [0.4, 0.5) is 0 Å². The summed E-state index contributed by atoms with van der Waals surface area (Å²) in [5, 5.41) is 13.9. The Morgan fingerprint density at radius 3 is 2.50 bits per heavy atom. The molecule has 5 nitrogen and oxygen atoms in total. The molecule has 1 N–H and O–H groups in total. The molecule has 0 radical (unpaired) electrons. The second-order valence-electron chi connectivity index (χ2n) is 4.03. The van der Waals surface area contributed by atoms with Crippen molar-refractivity contribution in [2.45, 2.75) is 20.8 Å². The molecule has 0 aliphatic heterocycles. The fourth-order valence-corrected chi connectivity index (χ4v) is 1.82. The molecule has 2 rings (SSSR count). The molecule has 0 atom stereocenters. The summed E-state index contributed by atoms with van der Waals surface area (Å²) >= 11 is 6.06. The van der Waals surface area contributed by atoms with E-state index in [1.165, 1.54) is 10.7 Å². The average molecular weight is 266 g/mol. The predicted molar refractivity (Wildman–Crippen MR) is 67.5 cm³/mol. The summed E-state index contributed by atoms with van der Waals surface area (Å²) in [7, 11) is 0. The van der Waals surface area contributed by atoms with Crippen LogP contribution in [0.2, 0.25) is 5.02 Å². The quantitative estimate of drug-likeness (QED) is 0.906. The SMILES string of the molecule is Cc1ccc(C(=O)O)c(-n2nc(C)c(Cl)c2C)n1. The third-order valence-electron chi connectivity index (χ3n) is 2.65. The number of carbonyl (C=O) groups is 1. The van der Waals surface area contributed by atoms with E-state index in [-0.39, 0.29) is 11.4 Å². The van der Waals surface area contributed by atoms with Gasteiger partial charge in [0.15, 0.2) is 5.82 Å². The minimum atomic E-state index is -1.04. The summed E-state index contributed by atoms with van der Waals surface area (Å²) in [5.41, 5.74) is 2.14. The molecule has 94 valence electrons. The number of aromatic nitrogens is 3. The molecule has 0 saturated heterocycles. The van der Waals surface area contributed by atoms with Crippen LogP contribution in [-0.4, -0.2) is 25.8 Å². The maximum absolute atomic E-state index is 11.2. The molecule has 0 aliphatic rings. The van der Waals surface area contributed by atoms with Gasteiger partial charge in [-0.3, -0.25) is 0 Å². The average Bonchev–Trinajstić information content (AvgIpc) is 2.56. The minimum absolute atomic E-state index is 0.0999. The molecule has 0 fully saturated rings. The van der Waals surface area contributed by atoms with Gasteiger partial charge >= 0.3 is 5.97 Å². The minimum Gasteiger partial charge on any atom is -0.478 e. The topological polar surface area (TPSA) is 68.0 Å². The summed E-state index contributed by atoms with van der Waals surface area (Å²) in [6, 6.07) is 3.17. The third-order valence-corrected chi connectivity index (χ3v) is 3.20. The lowest BCUT2D eigenvalue weighted by atomic mass is 10.2. The standard InChI is InChI=1S/C12H12ClN3O2/c1-6-4-5-9(12(17)18)11(14-6)16-8(3)10(13)7(2)15-16/h4-5H,1-3H3,(H,17,18). The molecule has 0 spiro atoms. The second kappa shape index (κ2) is 4.42. The molecular weight excluding hydrogens is 254 g/mol. The highest BCUT2D eigenvalue weighted by Gasteiger charge is 2.18. The van der Waals surface area contributed by atoms with Crippen molar-refractivity contribution in [1.29, 1.82) is 0 Å². The zero-order chi connectivity index (χ0) is 13.4. The van der Waals surface area contributed by atoms with E-state index < -0.39 is 5.97 Å². The Kier molecular flexibility index (Phi) is 3.09. The van der Waals surface area contributed by atoms with E-state index in [9.17, 15) is 9.90 Å². The van der Waals surface area contributed by atoms with Crippen LogP contribution in [0.25, 0.3) is 5.82 Å². The van der Waals surface area contributed by atoms with Gasteiger partial charge in [0, 0.05) is 5.69 Å². The first-order valence-corrected chi connectivity index (χ1v) is 5.72. The second-order valence-corrected chi connectivity index (χ2v) is 4.40. The van der Waals surface area contributed by atoms with Gasteiger partial charge in [0.1, 0.15) is 5.56 Å². The van der Waals surface area contributed by atoms with Gasteiger partial charge in [0.2, 0.25) is 0 Å². The van der Waals surface area contributed by atoms with Gasteiger partial charge in [-0.25, -0.2) is 14.5 Å². The predicted octanol–water partition coefficient (Wildman–Crippen LogP) is 2.54.